The van der Waals surface area contributed by atoms with E-state index >= 15 is 0 Å². The van der Waals surface area contributed by atoms with Gasteiger partial charge in [0.25, 0.3) is 0 Å². The molecule has 1 unspecified atom stereocenters. The van der Waals surface area contributed by atoms with E-state index in [0.717, 1.165) is 16.9 Å². The minimum atomic E-state index is -0.429. The minimum absolute atomic E-state index is 0. The molecule has 24 heavy (non-hydrogen) atoms. The molecule has 0 spiro atoms. The van der Waals surface area contributed by atoms with E-state index in [1.54, 1.807) is 17.9 Å². The Balaban J connectivity index is 0.00000288. The molecule has 1 atom stereocenters. The Morgan fingerprint density at radius 2 is 2.04 bits per heavy atom. The van der Waals surface area contributed by atoms with Crippen molar-refractivity contribution >= 4 is 18.3 Å². The number of aryl methyl sites for hydroxylation is 1. The van der Waals surface area contributed by atoms with Crippen LogP contribution in [0, 0.1) is 0 Å². The normalized spacial score (nSPS) is 11.7. The zero-order valence-corrected chi connectivity index (χ0v) is 15.3. The highest BCUT2D eigenvalue weighted by Gasteiger charge is 2.20. The van der Waals surface area contributed by atoms with Gasteiger partial charge in [0, 0.05) is 30.9 Å². The average molecular weight is 353 g/mol. The summed E-state index contributed by atoms with van der Waals surface area (Å²) in [7, 11) is 3.58. The number of halogens is 1. The van der Waals surface area contributed by atoms with Crippen LogP contribution in [0.4, 0.5) is 0 Å². The van der Waals surface area contributed by atoms with E-state index in [1.807, 2.05) is 51.4 Å². The van der Waals surface area contributed by atoms with Gasteiger partial charge in [0.2, 0.25) is 5.91 Å². The summed E-state index contributed by atoms with van der Waals surface area (Å²) in [5, 5.41) is 10.1. The number of hydrogen-bond acceptors (Lipinski definition) is 4. The van der Waals surface area contributed by atoms with Crippen LogP contribution in [0.15, 0.2) is 36.7 Å². The number of aromatic nitrogens is 2. The van der Waals surface area contributed by atoms with Crippen molar-refractivity contribution in [2.45, 2.75) is 32.5 Å². The molecule has 2 rings (SSSR count). The lowest BCUT2D eigenvalue weighted by Crippen LogP contribution is -2.35. The van der Waals surface area contributed by atoms with Crippen LogP contribution in [0.25, 0.3) is 0 Å². The van der Waals surface area contributed by atoms with Gasteiger partial charge in [-0.05, 0) is 27.0 Å². The van der Waals surface area contributed by atoms with Gasteiger partial charge in [-0.25, -0.2) is 0 Å². The van der Waals surface area contributed by atoms with Gasteiger partial charge in [0.05, 0.1) is 12.3 Å². The summed E-state index contributed by atoms with van der Waals surface area (Å²) in [5.41, 5.74) is 1.79. The molecule has 0 radical (unpaired) electrons. The van der Waals surface area contributed by atoms with Gasteiger partial charge in [0.15, 0.2) is 0 Å². The van der Waals surface area contributed by atoms with Gasteiger partial charge in [-0.15, -0.1) is 12.4 Å². The Bertz CT molecular complexity index is 658. The molecule has 1 heterocycles. The Morgan fingerprint density at radius 3 is 2.62 bits per heavy atom. The van der Waals surface area contributed by atoms with Crippen LogP contribution >= 0.6 is 12.4 Å². The number of likely N-dealkylation sites (N-methyl/N-ethyl adjacent to an activating group) is 1. The molecule has 0 saturated heterocycles. The molecule has 0 bridgehead atoms. The fraction of sp³-hybridized carbons (Fsp3) is 0.412. The molecule has 0 saturated carbocycles. The third kappa shape index (κ3) is 5.25. The maximum absolute atomic E-state index is 12.4. The highest BCUT2D eigenvalue weighted by atomic mass is 35.5. The van der Waals surface area contributed by atoms with Crippen LogP contribution in [0.2, 0.25) is 0 Å². The second kappa shape index (κ2) is 9.30. The number of hydrogen-bond donors (Lipinski definition) is 2. The first-order valence-corrected chi connectivity index (χ1v) is 7.69. The standard InChI is InChI=1S/C17H24N4O2.ClH/c1-12(2)23-15-8-6-5-7-13(15)9-19-17(22)16(18-3)14-10-20-21(4)11-14;/h5-8,10-12,16,18H,9H2,1-4H3,(H,19,22);1H. The highest BCUT2D eigenvalue weighted by Crippen LogP contribution is 2.19. The zero-order chi connectivity index (χ0) is 16.8. The number of nitrogens with zero attached hydrogens (tertiary/aromatic N) is 2. The summed E-state index contributed by atoms with van der Waals surface area (Å²) in [6.45, 7) is 4.38. The smallest absolute Gasteiger partial charge is 0.242 e. The Labute approximate surface area is 149 Å². The van der Waals surface area contributed by atoms with E-state index in [4.69, 9.17) is 4.74 Å². The highest BCUT2D eigenvalue weighted by molar-refractivity contribution is 5.85. The molecule has 0 aliphatic carbocycles. The summed E-state index contributed by atoms with van der Waals surface area (Å²) in [6, 6.07) is 7.30. The molecule has 2 N–H and O–H groups in total. The first-order chi connectivity index (χ1) is 11.0. The van der Waals surface area contributed by atoms with Crippen LogP contribution in [-0.4, -0.2) is 28.8 Å². The van der Waals surface area contributed by atoms with E-state index in [9.17, 15) is 4.79 Å². The van der Waals surface area contributed by atoms with Gasteiger partial charge >= 0.3 is 0 Å². The Hall–Kier alpha value is -2.05. The van der Waals surface area contributed by atoms with Crippen molar-refractivity contribution in [2.24, 2.45) is 7.05 Å². The fourth-order valence-electron chi connectivity index (χ4n) is 2.34. The van der Waals surface area contributed by atoms with E-state index in [-0.39, 0.29) is 24.4 Å². The van der Waals surface area contributed by atoms with Crippen LogP contribution in [0.3, 0.4) is 0 Å². The average Bonchev–Trinajstić information content (AvgIpc) is 2.93. The number of para-hydroxylation sites is 1. The third-order valence-electron chi connectivity index (χ3n) is 3.40. The first kappa shape index (κ1) is 20.0. The quantitative estimate of drug-likeness (QED) is 0.801. The number of benzene rings is 1. The molecule has 132 valence electrons. The number of carbonyl (C=O) groups is 1. The third-order valence-corrected chi connectivity index (χ3v) is 3.40. The maximum Gasteiger partial charge on any atom is 0.242 e. The molecular formula is C17H25ClN4O2. The van der Waals surface area contributed by atoms with Crippen molar-refractivity contribution in [1.29, 1.82) is 0 Å². The summed E-state index contributed by atoms with van der Waals surface area (Å²) in [4.78, 5) is 12.4. The van der Waals surface area contributed by atoms with Crippen molar-refractivity contribution in [3.05, 3.63) is 47.8 Å². The van der Waals surface area contributed by atoms with Crippen molar-refractivity contribution < 1.29 is 9.53 Å². The van der Waals surface area contributed by atoms with Crippen LogP contribution in [0.5, 0.6) is 5.75 Å². The topological polar surface area (TPSA) is 68.2 Å². The van der Waals surface area contributed by atoms with Gasteiger partial charge < -0.3 is 15.4 Å². The van der Waals surface area contributed by atoms with E-state index in [2.05, 4.69) is 15.7 Å². The molecule has 0 aliphatic rings. The van der Waals surface area contributed by atoms with Crippen molar-refractivity contribution in [2.75, 3.05) is 7.05 Å². The first-order valence-electron chi connectivity index (χ1n) is 7.69. The number of rotatable bonds is 7. The molecule has 1 amide bonds. The molecule has 1 aromatic carbocycles. The molecule has 6 nitrogen and oxygen atoms in total. The van der Waals surface area contributed by atoms with Crippen molar-refractivity contribution in [1.82, 2.24) is 20.4 Å². The van der Waals surface area contributed by atoms with Gasteiger partial charge in [-0.3, -0.25) is 9.48 Å². The zero-order valence-electron chi connectivity index (χ0n) is 14.4. The lowest BCUT2D eigenvalue weighted by atomic mass is 10.1. The fourth-order valence-corrected chi connectivity index (χ4v) is 2.34. The molecule has 0 fully saturated rings. The molecule has 0 aliphatic heterocycles. The predicted octanol–water partition coefficient (Wildman–Crippen LogP) is 2.21. The number of ether oxygens (including phenoxy) is 1. The number of nitrogens with one attached hydrogen (secondary N) is 2. The van der Waals surface area contributed by atoms with Crippen LogP contribution < -0.4 is 15.4 Å². The monoisotopic (exact) mass is 352 g/mol. The SMILES string of the molecule is CNC(C(=O)NCc1ccccc1OC(C)C)c1cnn(C)c1.Cl. The molecular weight excluding hydrogens is 328 g/mol. The minimum Gasteiger partial charge on any atom is -0.491 e. The van der Waals surface area contributed by atoms with E-state index in [0.29, 0.717) is 6.54 Å². The molecule has 2 aromatic rings. The largest absolute Gasteiger partial charge is 0.491 e. The second-order valence-electron chi connectivity index (χ2n) is 5.66. The maximum atomic E-state index is 12.4. The Morgan fingerprint density at radius 1 is 1.33 bits per heavy atom. The summed E-state index contributed by atoms with van der Waals surface area (Å²) in [5.74, 6) is 0.699. The lowest BCUT2D eigenvalue weighted by molar-refractivity contribution is -0.123. The molecule has 1 aromatic heterocycles. The number of carbonyl (C=O) groups excluding carboxylic acids is 1. The van der Waals surface area contributed by atoms with Crippen LogP contribution in [-0.2, 0) is 18.4 Å². The van der Waals surface area contributed by atoms with Gasteiger partial charge in [0.1, 0.15) is 11.8 Å². The van der Waals surface area contributed by atoms with Crippen LogP contribution in [0.1, 0.15) is 31.0 Å². The van der Waals surface area contributed by atoms with Gasteiger partial charge in [-0.2, -0.15) is 5.10 Å². The summed E-state index contributed by atoms with van der Waals surface area (Å²) in [6.07, 6.45) is 3.61. The Kier molecular flexibility index (Phi) is 7.74. The van der Waals surface area contributed by atoms with E-state index in [1.165, 1.54) is 0 Å². The lowest BCUT2D eigenvalue weighted by Gasteiger charge is -2.17. The number of amides is 1. The summed E-state index contributed by atoms with van der Waals surface area (Å²) < 4.78 is 7.45. The molecule has 7 heteroatoms. The van der Waals surface area contributed by atoms with Crippen molar-refractivity contribution in [3.63, 3.8) is 0 Å². The predicted molar refractivity (Wildman–Crippen MR) is 96.3 cm³/mol. The van der Waals surface area contributed by atoms with E-state index < -0.39 is 6.04 Å². The summed E-state index contributed by atoms with van der Waals surface area (Å²) >= 11 is 0. The van der Waals surface area contributed by atoms with Crippen molar-refractivity contribution in [3.8, 4) is 5.75 Å². The van der Waals surface area contributed by atoms with Gasteiger partial charge in [-0.1, -0.05) is 18.2 Å². The second-order valence-corrected chi connectivity index (χ2v) is 5.66.